The molecule has 0 aliphatic carbocycles. The van der Waals surface area contributed by atoms with E-state index in [9.17, 15) is 4.39 Å². The van der Waals surface area contributed by atoms with Crippen molar-refractivity contribution in [1.82, 2.24) is 14.5 Å². The van der Waals surface area contributed by atoms with E-state index in [2.05, 4.69) is 16.9 Å². The lowest BCUT2D eigenvalue weighted by Crippen LogP contribution is -2.06. The first-order chi connectivity index (χ1) is 8.70. The van der Waals surface area contributed by atoms with E-state index < -0.39 is 0 Å². The third kappa shape index (κ3) is 2.92. The lowest BCUT2D eigenvalue weighted by atomic mass is 10.2. The van der Waals surface area contributed by atoms with E-state index in [1.165, 1.54) is 12.3 Å². The van der Waals surface area contributed by atoms with Gasteiger partial charge >= 0.3 is 0 Å². The first-order valence-corrected chi connectivity index (χ1v) is 6.05. The molecule has 0 aromatic carbocycles. The Morgan fingerprint density at radius 3 is 3.00 bits per heavy atom. The molecular weight excluding hydrogens is 231 g/mol. The van der Waals surface area contributed by atoms with Gasteiger partial charge in [0, 0.05) is 24.0 Å². The van der Waals surface area contributed by atoms with Crippen LogP contribution in [-0.2, 0) is 0 Å². The van der Waals surface area contributed by atoms with Crippen LogP contribution in [0.5, 0.6) is 0 Å². The SMILES string of the molecule is C[C@H](CCCN)n1cnc(-c2cncc(F)c2)c1. The molecule has 0 aliphatic heterocycles. The highest BCUT2D eigenvalue weighted by Crippen LogP contribution is 2.20. The van der Waals surface area contributed by atoms with Crippen molar-refractivity contribution in [1.29, 1.82) is 0 Å². The van der Waals surface area contributed by atoms with E-state index in [4.69, 9.17) is 5.73 Å². The number of nitrogens with two attached hydrogens (primary N) is 1. The Morgan fingerprint density at radius 2 is 2.28 bits per heavy atom. The van der Waals surface area contributed by atoms with Gasteiger partial charge in [0.05, 0.1) is 18.2 Å². The summed E-state index contributed by atoms with van der Waals surface area (Å²) in [5.41, 5.74) is 6.92. The maximum Gasteiger partial charge on any atom is 0.142 e. The third-order valence-electron chi connectivity index (χ3n) is 2.94. The molecule has 2 aromatic rings. The van der Waals surface area contributed by atoms with Crippen LogP contribution in [0, 0.1) is 5.82 Å². The Balaban J connectivity index is 2.15. The number of imidazole rings is 1. The monoisotopic (exact) mass is 248 g/mol. The first kappa shape index (κ1) is 12.7. The van der Waals surface area contributed by atoms with Gasteiger partial charge in [-0.3, -0.25) is 4.98 Å². The number of rotatable bonds is 5. The molecule has 2 aromatic heterocycles. The largest absolute Gasteiger partial charge is 0.334 e. The molecule has 0 fully saturated rings. The van der Waals surface area contributed by atoms with E-state index in [0.29, 0.717) is 18.2 Å². The van der Waals surface area contributed by atoms with Gasteiger partial charge in [0.25, 0.3) is 0 Å². The highest BCUT2D eigenvalue weighted by molar-refractivity contribution is 5.56. The van der Waals surface area contributed by atoms with Crippen LogP contribution in [0.2, 0.25) is 0 Å². The molecule has 18 heavy (non-hydrogen) atoms. The summed E-state index contributed by atoms with van der Waals surface area (Å²) >= 11 is 0. The minimum Gasteiger partial charge on any atom is -0.334 e. The molecule has 0 amide bonds. The van der Waals surface area contributed by atoms with Gasteiger partial charge in [0.2, 0.25) is 0 Å². The van der Waals surface area contributed by atoms with Crippen molar-refractivity contribution in [3.63, 3.8) is 0 Å². The van der Waals surface area contributed by atoms with Crippen LogP contribution in [-0.4, -0.2) is 21.1 Å². The predicted molar refractivity (Wildman–Crippen MR) is 68.4 cm³/mol. The predicted octanol–water partition coefficient (Wildman–Crippen LogP) is 2.38. The Labute approximate surface area is 106 Å². The van der Waals surface area contributed by atoms with Crippen LogP contribution < -0.4 is 5.73 Å². The van der Waals surface area contributed by atoms with Gasteiger partial charge in [0.15, 0.2) is 0 Å². The van der Waals surface area contributed by atoms with E-state index >= 15 is 0 Å². The van der Waals surface area contributed by atoms with Gasteiger partial charge in [-0.25, -0.2) is 9.37 Å². The quantitative estimate of drug-likeness (QED) is 0.883. The molecule has 0 unspecified atom stereocenters. The Bertz CT molecular complexity index is 509. The second-order valence-electron chi connectivity index (χ2n) is 4.38. The fourth-order valence-corrected chi connectivity index (χ4v) is 1.84. The fraction of sp³-hybridized carbons (Fsp3) is 0.385. The first-order valence-electron chi connectivity index (χ1n) is 6.05. The Hall–Kier alpha value is -1.75. The zero-order chi connectivity index (χ0) is 13.0. The van der Waals surface area contributed by atoms with Crippen molar-refractivity contribution < 1.29 is 4.39 Å². The second-order valence-corrected chi connectivity index (χ2v) is 4.38. The average Bonchev–Trinajstić information content (AvgIpc) is 2.85. The molecule has 0 radical (unpaired) electrons. The fourth-order valence-electron chi connectivity index (χ4n) is 1.84. The summed E-state index contributed by atoms with van der Waals surface area (Å²) in [5.74, 6) is -0.349. The van der Waals surface area contributed by atoms with Gasteiger partial charge in [-0.1, -0.05) is 0 Å². The highest BCUT2D eigenvalue weighted by Gasteiger charge is 2.08. The normalized spacial score (nSPS) is 12.6. The van der Waals surface area contributed by atoms with Crippen LogP contribution in [0.4, 0.5) is 4.39 Å². The topological polar surface area (TPSA) is 56.7 Å². The number of nitrogens with zero attached hydrogens (tertiary/aromatic N) is 3. The molecule has 5 heteroatoms. The number of hydrogen-bond acceptors (Lipinski definition) is 3. The summed E-state index contributed by atoms with van der Waals surface area (Å²) < 4.78 is 15.1. The van der Waals surface area contributed by atoms with Crippen molar-refractivity contribution in [2.24, 2.45) is 5.73 Å². The molecule has 0 saturated carbocycles. The van der Waals surface area contributed by atoms with Crippen LogP contribution in [0.15, 0.2) is 31.0 Å². The van der Waals surface area contributed by atoms with E-state index in [1.807, 2.05) is 10.8 Å². The van der Waals surface area contributed by atoms with Crippen molar-refractivity contribution in [3.05, 3.63) is 36.8 Å². The minimum absolute atomic E-state index is 0.344. The molecule has 2 heterocycles. The lowest BCUT2D eigenvalue weighted by molar-refractivity contribution is 0.492. The molecule has 0 bridgehead atoms. The van der Waals surface area contributed by atoms with Gasteiger partial charge < -0.3 is 10.3 Å². The molecule has 4 nitrogen and oxygen atoms in total. The van der Waals surface area contributed by atoms with Gasteiger partial charge in [-0.05, 0) is 32.4 Å². The molecule has 96 valence electrons. The van der Waals surface area contributed by atoms with E-state index in [0.717, 1.165) is 18.5 Å². The van der Waals surface area contributed by atoms with Crippen molar-refractivity contribution in [3.8, 4) is 11.3 Å². The lowest BCUT2D eigenvalue weighted by Gasteiger charge is -2.11. The van der Waals surface area contributed by atoms with E-state index in [1.54, 1.807) is 12.5 Å². The van der Waals surface area contributed by atoms with Crippen molar-refractivity contribution >= 4 is 0 Å². The number of hydrogen-bond donors (Lipinski definition) is 1. The maximum atomic E-state index is 13.1. The third-order valence-corrected chi connectivity index (χ3v) is 2.94. The number of pyridine rings is 1. The zero-order valence-corrected chi connectivity index (χ0v) is 10.4. The van der Waals surface area contributed by atoms with Crippen molar-refractivity contribution in [2.75, 3.05) is 6.54 Å². The summed E-state index contributed by atoms with van der Waals surface area (Å²) in [4.78, 5) is 8.11. The van der Waals surface area contributed by atoms with Gasteiger partial charge in [-0.15, -0.1) is 0 Å². The molecule has 1 atom stereocenters. The van der Waals surface area contributed by atoms with Crippen molar-refractivity contribution in [2.45, 2.75) is 25.8 Å². The molecular formula is C13H17FN4. The molecule has 2 N–H and O–H groups in total. The summed E-state index contributed by atoms with van der Waals surface area (Å²) in [6, 6.07) is 1.78. The van der Waals surface area contributed by atoms with Crippen LogP contribution in [0.1, 0.15) is 25.8 Å². The molecule has 0 aliphatic rings. The standard InChI is InChI=1S/C13H17FN4/c1-10(3-2-4-15)18-8-13(17-9-18)11-5-12(14)7-16-6-11/h5-10H,2-4,15H2,1H3/t10-/m1/s1. The Kier molecular flexibility index (Phi) is 4.04. The highest BCUT2D eigenvalue weighted by atomic mass is 19.1. The van der Waals surface area contributed by atoms with Gasteiger partial charge in [-0.2, -0.15) is 0 Å². The summed E-state index contributed by atoms with van der Waals surface area (Å²) in [5, 5.41) is 0. The van der Waals surface area contributed by atoms with Crippen LogP contribution in [0.3, 0.4) is 0 Å². The van der Waals surface area contributed by atoms with Crippen LogP contribution >= 0.6 is 0 Å². The second kappa shape index (κ2) is 5.73. The van der Waals surface area contributed by atoms with Crippen LogP contribution in [0.25, 0.3) is 11.3 Å². The van der Waals surface area contributed by atoms with E-state index in [-0.39, 0.29) is 5.82 Å². The summed E-state index contributed by atoms with van der Waals surface area (Å²) in [7, 11) is 0. The molecule has 0 spiro atoms. The zero-order valence-electron chi connectivity index (χ0n) is 10.4. The smallest absolute Gasteiger partial charge is 0.142 e. The summed E-state index contributed by atoms with van der Waals surface area (Å²) in [6.45, 7) is 2.81. The Morgan fingerprint density at radius 1 is 1.44 bits per heavy atom. The average molecular weight is 248 g/mol. The molecule has 0 saturated heterocycles. The summed E-state index contributed by atoms with van der Waals surface area (Å²) in [6.07, 6.45) is 8.47. The minimum atomic E-state index is -0.349. The molecule has 2 rings (SSSR count). The number of halogens is 1. The van der Waals surface area contributed by atoms with Gasteiger partial charge in [0.1, 0.15) is 5.82 Å². The number of aromatic nitrogens is 3. The maximum absolute atomic E-state index is 13.1.